The molecule has 0 amide bonds. The van der Waals surface area contributed by atoms with Crippen molar-refractivity contribution in [3.05, 3.63) is 22.4 Å². The molecule has 0 bridgehead atoms. The molecule has 1 N–H and O–H groups in total. The highest BCUT2D eigenvalue weighted by atomic mass is 32.1. The number of thiocarbonyl (C=S) groups is 1. The van der Waals surface area contributed by atoms with Crippen molar-refractivity contribution in [2.75, 3.05) is 7.11 Å². The zero-order valence-electron chi connectivity index (χ0n) is 9.01. The summed E-state index contributed by atoms with van der Waals surface area (Å²) in [7, 11) is 1.37. The van der Waals surface area contributed by atoms with Gasteiger partial charge in [-0.25, -0.2) is 0 Å². The fourth-order valence-corrected chi connectivity index (χ4v) is 2.43. The van der Waals surface area contributed by atoms with Crippen LogP contribution in [0.4, 0.5) is 0 Å². The van der Waals surface area contributed by atoms with Gasteiger partial charge in [0.2, 0.25) is 0 Å². The molecular weight excluding hydrogens is 244 g/mol. The molecule has 88 valence electrons. The van der Waals surface area contributed by atoms with Gasteiger partial charge in [-0.3, -0.25) is 4.79 Å². The molecule has 16 heavy (non-hydrogen) atoms. The van der Waals surface area contributed by atoms with E-state index in [1.165, 1.54) is 7.11 Å². The number of hydrogen-bond donors (Lipinski definition) is 1. The Kier molecular flexibility index (Phi) is 5.42. The van der Waals surface area contributed by atoms with E-state index in [1.54, 1.807) is 11.3 Å². The highest BCUT2D eigenvalue weighted by Gasteiger charge is 2.17. The largest absolute Gasteiger partial charge is 0.502 e. The van der Waals surface area contributed by atoms with Crippen molar-refractivity contribution in [2.24, 2.45) is 0 Å². The van der Waals surface area contributed by atoms with Gasteiger partial charge in [0.05, 0.1) is 13.0 Å². The van der Waals surface area contributed by atoms with Crippen molar-refractivity contribution >= 4 is 34.6 Å². The van der Waals surface area contributed by atoms with Crippen LogP contribution in [0, 0.1) is 0 Å². The molecule has 5 heteroatoms. The second-order valence-corrected chi connectivity index (χ2v) is 4.61. The minimum Gasteiger partial charge on any atom is -0.502 e. The van der Waals surface area contributed by atoms with Gasteiger partial charge in [0.15, 0.2) is 5.05 Å². The lowest BCUT2D eigenvalue weighted by molar-refractivity contribution is -0.140. The first-order valence-corrected chi connectivity index (χ1v) is 6.32. The highest BCUT2D eigenvalue weighted by Crippen LogP contribution is 2.25. The maximum atomic E-state index is 10.9. The number of thiophene rings is 1. The maximum absolute atomic E-state index is 10.9. The van der Waals surface area contributed by atoms with Gasteiger partial charge < -0.3 is 9.84 Å². The summed E-state index contributed by atoms with van der Waals surface area (Å²) in [6, 6.07) is 1.94. The van der Waals surface area contributed by atoms with Gasteiger partial charge in [-0.05, 0) is 47.4 Å². The van der Waals surface area contributed by atoms with Crippen LogP contribution in [0.5, 0.6) is 0 Å². The van der Waals surface area contributed by atoms with E-state index in [9.17, 15) is 9.90 Å². The van der Waals surface area contributed by atoms with Crippen LogP contribution in [0.15, 0.2) is 16.8 Å². The number of aliphatic hydroxyl groups is 1. The number of carbonyl (C=O) groups excluding carboxylic acids is 1. The summed E-state index contributed by atoms with van der Waals surface area (Å²) >= 11 is 6.38. The number of carbonyl (C=O) groups is 1. The Morgan fingerprint density at radius 3 is 2.94 bits per heavy atom. The van der Waals surface area contributed by atoms with Gasteiger partial charge in [-0.15, -0.1) is 0 Å². The van der Waals surface area contributed by atoms with E-state index < -0.39 is 0 Å². The van der Waals surface area contributed by atoms with E-state index in [4.69, 9.17) is 12.2 Å². The van der Waals surface area contributed by atoms with Gasteiger partial charge >= 0.3 is 5.97 Å². The quantitative estimate of drug-likeness (QED) is 0.629. The second-order valence-electron chi connectivity index (χ2n) is 3.42. The van der Waals surface area contributed by atoms with Crippen LogP contribution in [0.3, 0.4) is 0 Å². The molecule has 1 atom stereocenters. The predicted molar refractivity (Wildman–Crippen MR) is 68.2 cm³/mol. The van der Waals surface area contributed by atoms with Crippen LogP contribution in [-0.4, -0.2) is 23.2 Å². The topological polar surface area (TPSA) is 46.5 Å². The molecule has 0 aliphatic heterocycles. The van der Waals surface area contributed by atoms with E-state index in [-0.39, 0.29) is 16.9 Å². The molecule has 0 spiro atoms. The molecule has 1 aromatic rings. The Morgan fingerprint density at radius 1 is 1.69 bits per heavy atom. The van der Waals surface area contributed by atoms with Gasteiger partial charge in [-0.2, -0.15) is 11.3 Å². The number of hydrogen-bond acceptors (Lipinski definition) is 4. The second kappa shape index (κ2) is 6.60. The first-order valence-electron chi connectivity index (χ1n) is 4.97. The molecule has 0 aliphatic carbocycles. The first kappa shape index (κ1) is 13.1. The Bertz CT molecular complexity index is 346. The molecule has 0 radical (unpaired) electrons. The zero-order valence-corrected chi connectivity index (χ0v) is 10.6. The monoisotopic (exact) mass is 258 g/mol. The zero-order chi connectivity index (χ0) is 12.0. The molecule has 0 aromatic carbocycles. The Morgan fingerprint density at radius 2 is 2.44 bits per heavy atom. The van der Waals surface area contributed by atoms with Crippen molar-refractivity contribution in [1.29, 1.82) is 0 Å². The maximum Gasteiger partial charge on any atom is 0.305 e. The van der Waals surface area contributed by atoms with E-state index in [0.29, 0.717) is 19.3 Å². The summed E-state index contributed by atoms with van der Waals surface area (Å²) in [6.45, 7) is 0. The lowest BCUT2D eigenvalue weighted by Gasteiger charge is -2.12. The summed E-state index contributed by atoms with van der Waals surface area (Å²) in [5.74, 6) is -0.376. The molecule has 1 aromatic heterocycles. The molecule has 1 unspecified atom stereocenters. The highest BCUT2D eigenvalue weighted by molar-refractivity contribution is 7.80. The molecule has 0 saturated heterocycles. The van der Waals surface area contributed by atoms with E-state index in [1.807, 2.05) is 16.8 Å². The number of methoxy groups -OCH3 is 1. The summed E-state index contributed by atoms with van der Waals surface area (Å²) < 4.78 is 4.55. The lowest BCUT2D eigenvalue weighted by atomic mass is 9.97. The molecule has 0 fully saturated rings. The minimum absolute atomic E-state index is 0.0109. The Labute approximate surface area is 104 Å². The van der Waals surface area contributed by atoms with Crippen molar-refractivity contribution < 1.29 is 14.6 Å². The van der Waals surface area contributed by atoms with Gasteiger partial charge in [-0.1, -0.05) is 0 Å². The minimum atomic E-state index is -0.229. The van der Waals surface area contributed by atoms with Crippen LogP contribution < -0.4 is 0 Å². The van der Waals surface area contributed by atoms with Crippen molar-refractivity contribution in [3.63, 3.8) is 0 Å². The third-order valence-electron chi connectivity index (χ3n) is 2.35. The average Bonchev–Trinajstić information content (AvgIpc) is 2.76. The Hall–Kier alpha value is -0.940. The van der Waals surface area contributed by atoms with E-state index >= 15 is 0 Å². The van der Waals surface area contributed by atoms with Crippen LogP contribution >= 0.6 is 23.6 Å². The third-order valence-corrected chi connectivity index (χ3v) is 3.33. The molecule has 3 nitrogen and oxygen atoms in total. The van der Waals surface area contributed by atoms with Crippen molar-refractivity contribution in [3.8, 4) is 0 Å². The Balaban J connectivity index is 2.47. The summed E-state index contributed by atoms with van der Waals surface area (Å²) in [4.78, 5) is 10.9. The SMILES string of the molecule is COC(=O)CCCC(C(O)=S)c1ccsc1. The van der Waals surface area contributed by atoms with E-state index in [0.717, 1.165) is 5.56 Å². The van der Waals surface area contributed by atoms with E-state index in [2.05, 4.69) is 4.74 Å². The molecule has 1 rings (SSSR count). The van der Waals surface area contributed by atoms with Crippen molar-refractivity contribution in [1.82, 2.24) is 0 Å². The van der Waals surface area contributed by atoms with Crippen molar-refractivity contribution in [2.45, 2.75) is 25.2 Å². The van der Waals surface area contributed by atoms with Crippen LogP contribution in [0.2, 0.25) is 0 Å². The van der Waals surface area contributed by atoms with Crippen LogP contribution in [0.1, 0.15) is 30.7 Å². The van der Waals surface area contributed by atoms with Gasteiger partial charge in [0.25, 0.3) is 0 Å². The smallest absolute Gasteiger partial charge is 0.305 e. The first-order chi connectivity index (χ1) is 7.65. The summed E-state index contributed by atoms with van der Waals surface area (Å²) in [6.07, 6.45) is 1.69. The normalized spacial score (nSPS) is 12.1. The standard InChI is InChI=1S/C11H14O3S2/c1-14-10(12)4-2-3-9(11(13)15)8-5-6-16-7-8/h5-7,9H,2-4H2,1H3,(H,13,15). The third kappa shape index (κ3) is 3.90. The average molecular weight is 258 g/mol. The molecule has 0 saturated carbocycles. The summed E-state index contributed by atoms with van der Waals surface area (Å²) in [5, 5.41) is 13.3. The number of aliphatic hydroxyl groups excluding tert-OH is 1. The molecular formula is C11H14O3S2. The summed E-state index contributed by atoms with van der Waals surface area (Å²) in [5.41, 5.74) is 1.02. The fourth-order valence-electron chi connectivity index (χ4n) is 1.46. The number of ether oxygens (including phenoxy) is 1. The van der Waals surface area contributed by atoms with Gasteiger partial charge in [0, 0.05) is 6.42 Å². The lowest BCUT2D eigenvalue weighted by Crippen LogP contribution is -2.10. The van der Waals surface area contributed by atoms with Crippen LogP contribution in [0.25, 0.3) is 0 Å². The van der Waals surface area contributed by atoms with Gasteiger partial charge in [0.1, 0.15) is 0 Å². The number of rotatable bonds is 6. The number of esters is 1. The predicted octanol–water partition coefficient (Wildman–Crippen LogP) is 3.06. The molecule has 0 aliphatic rings. The fraction of sp³-hybridized carbons (Fsp3) is 0.455. The molecule has 1 heterocycles. The van der Waals surface area contributed by atoms with Crippen LogP contribution in [-0.2, 0) is 9.53 Å².